The number of rotatable bonds is 1. The normalized spacial score (nSPS) is 32.5. The van der Waals surface area contributed by atoms with Crippen molar-refractivity contribution in [1.29, 1.82) is 0 Å². The second-order valence-electron chi connectivity index (χ2n) is 12.9. The van der Waals surface area contributed by atoms with Crippen molar-refractivity contribution in [3.05, 3.63) is 70.3 Å². The smallest absolute Gasteiger partial charge is 0.264 e. The minimum absolute atomic E-state index is 0.0239. The molecule has 10 heteroatoms. The number of aryl methyl sites for hydroxylation is 1. The van der Waals surface area contributed by atoms with Crippen molar-refractivity contribution in [2.45, 2.75) is 81.2 Å². The molecule has 2 aromatic rings. The molecule has 1 fully saturated rings. The number of amides is 1. The number of nitrogens with one attached hydrogen (secondary N) is 1. The van der Waals surface area contributed by atoms with Gasteiger partial charge in [0.05, 0.1) is 23.6 Å². The number of ether oxygens (including phenoxy) is 1. The average Bonchev–Trinajstić information content (AvgIpc) is 3.11. The van der Waals surface area contributed by atoms with Gasteiger partial charge >= 0.3 is 0 Å². The standard InChI is InChI=1S/C33H41ClN2O6S/c1-3-25-9-12-29(37)31(38)20(2)26-10-6-23(26)17-36-18-33(14-4-5-21-15-24(34)8-11-27(21)33)19-42-30-13-7-22(16-28(30)36)32(39)35-43(25,40)41/h7-8,11,13,15-16,23,25-26,29,31,37-38H,2-6,9-10,12,14,17-19H2,1H3,(H,35,39)/t23-,25+,26-,29+,31-,33-/m0/s1. The molecule has 1 amide bonds. The summed E-state index contributed by atoms with van der Waals surface area (Å²) in [6, 6.07) is 11.2. The van der Waals surface area contributed by atoms with Crippen LogP contribution in [0.25, 0.3) is 0 Å². The molecule has 43 heavy (non-hydrogen) atoms. The number of fused-ring (bicyclic) bond motifs is 4. The molecule has 4 aliphatic rings. The van der Waals surface area contributed by atoms with Gasteiger partial charge in [-0.2, -0.15) is 0 Å². The Labute approximate surface area is 259 Å². The van der Waals surface area contributed by atoms with Gasteiger partial charge in [-0.25, -0.2) is 13.1 Å². The van der Waals surface area contributed by atoms with Gasteiger partial charge < -0.3 is 19.8 Å². The van der Waals surface area contributed by atoms with Crippen LogP contribution in [-0.4, -0.2) is 61.7 Å². The van der Waals surface area contributed by atoms with Crippen LogP contribution >= 0.6 is 11.6 Å². The van der Waals surface area contributed by atoms with Crippen LogP contribution in [0.5, 0.6) is 5.75 Å². The van der Waals surface area contributed by atoms with Gasteiger partial charge in [0.1, 0.15) is 11.9 Å². The summed E-state index contributed by atoms with van der Waals surface area (Å²) in [7, 11) is -4.03. The number of sulfonamides is 1. The molecule has 0 radical (unpaired) electrons. The van der Waals surface area contributed by atoms with Crippen molar-refractivity contribution in [2.24, 2.45) is 11.8 Å². The molecule has 2 aliphatic heterocycles. The highest BCUT2D eigenvalue weighted by atomic mass is 35.5. The summed E-state index contributed by atoms with van der Waals surface area (Å²) >= 11 is 6.38. The number of aliphatic hydroxyl groups excluding tert-OH is 2. The van der Waals surface area contributed by atoms with Crippen molar-refractivity contribution in [1.82, 2.24) is 4.72 Å². The summed E-state index contributed by atoms with van der Waals surface area (Å²) < 4.78 is 35.3. The molecule has 3 N–H and O–H groups in total. The second kappa shape index (κ2) is 11.7. The molecule has 6 rings (SSSR count). The molecule has 8 nitrogen and oxygen atoms in total. The highest BCUT2D eigenvalue weighted by molar-refractivity contribution is 7.90. The SMILES string of the molecule is C=C1[C@H](O)[C@H](O)CC[C@@H](CC)S(=O)(=O)NC(=O)c2ccc3c(c2)N(C[C@@H]2CC[C@@H]12)C[C@@]1(CCCc2cc(Cl)ccc21)CO3. The summed E-state index contributed by atoms with van der Waals surface area (Å²) in [4.78, 5) is 15.7. The Morgan fingerprint density at radius 2 is 1.95 bits per heavy atom. The van der Waals surface area contributed by atoms with Crippen LogP contribution in [0.2, 0.25) is 5.02 Å². The molecule has 1 spiro atoms. The fourth-order valence-electron chi connectivity index (χ4n) is 7.65. The Kier molecular flexibility index (Phi) is 8.30. The Hall–Kier alpha value is -2.59. The number of hydrogen-bond acceptors (Lipinski definition) is 7. The van der Waals surface area contributed by atoms with E-state index in [2.05, 4.69) is 28.3 Å². The second-order valence-corrected chi connectivity index (χ2v) is 15.3. The van der Waals surface area contributed by atoms with E-state index in [1.807, 2.05) is 6.07 Å². The molecule has 2 aromatic carbocycles. The van der Waals surface area contributed by atoms with Crippen molar-refractivity contribution < 1.29 is 28.2 Å². The van der Waals surface area contributed by atoms with Crippen molar-refractivity contribution in [2.75, 3.05) is 24.6 Å². The lowest BCUT2D eigenvalue weighted by Gasteiger charge is -2.46. The zero-order valence-corrected chi connectivity index (χ0v) is 26.2. The van der Waals surface area contributed by atoms with Crippen molar-refractivity contribution >= 4 is 33.2 Å². The number of halogens is 1. The molecule has 232 valence electrons. The number of benzene rings is 2. The van der Waals surface area contributed by atoms with Crippen LogP contribution in [-0.2, 0) is 21.9 Å². The summed E-state index contributed by atoms with van der Waals surface area (Å²) in [5, 5.41) is 21.7. The maximum Gasteiger partial charge on any atom is 0.264 e. The van der Waals surface area contributed by atoms with E-state index >= 15 is 0 Å². The number of hydrogen-bond donors (Lipinski definition) is 3. The Morgan fingerprint density at radius 3 is 2.70 bits per heavy atom. The predicted molar refractivity (Wildman–Crippen MR) is 167 cm³/mol. The minimum Gasteiger partial charge on any atom is -0.490 e. The van der Waals surface area contributed by atoms with Gasteiger partial charge in [0.25, 0.3) is 5.91 Å². The predicted octanol–water partition coefficient (Wildman–Crippen LogP) is 4.75. The summed E-state index contributed by atoms with van der Waals surface area (Å²) in [5.41, 5.74) is 3.75. The van der Waals surface area contributed by atoms with E-state index in [1.165, 1.54) is 11.1 Å². The average molecular weight is 629 g/mol. The van der Waals surface area contributed by atoms with Gasteiger partial charge in [0.2, 0.25) is 10.0 Å². The van der Waals surface area contributed by atoms with Gasteiger partial charge in [-0.3, -0.25) is 4.79 Å². The van der Waals surface area contributed by atoms with Gasteiger partial charge in [-0.05, 0) is 110 Å². The molecule has 2 aliphatic carbocycles. The summed E-state index contributed by atoms with van der Waals surface area (Å²) in [6.45, 7) is 7.71. The van der Waals surface area contributed by atoms with Crippen LogP contribution in [0.1, 0.15) is 73.4 Å². The maximum absolute atomic E-state index is 13.4. The lowest BCUT2D eigenvalue weighted by Crippen LogP contribution is -2.49. The molecule has 6 atom stereocenters. The highest BCUT2D eigenvalue weighted by Gasteiger charge is 2.44. The van der Waals surface area contributed by atoms with Crippen LogP contribution in [0, 0.1) is 11.8 Å². The highest BCUT2D eigenvalue weighted by Crippen LogP contribution is 2.47. The topological polar surface area (TPSA) is 116 Å². The molecule has 0 saturated heterocycles. The Balaban J connectivity index is 1.43. The lowest BCUT2D eigenvalue weighted by molar-refractivity contribution is 0.0203. The van der Waals surface area contributed by atoms with Gasteiger partial charge in [-0.15, -0.1) is 0 Å². The van der Waals surface area contributed by atoms with Gasteiger partial charge in [0, 0.05) is 29.1 Å². The molecule has 0 unspecified atom stereocenters. The van der Waals surface area contributed by atoms with Crippen LogP contribution in [0.15, 0.2) is 48.6 Å². The van der Waals surface area contributed by atoms with Crippen molar-refractivity contribution in [3.8, 4) is 5.75 Å². The first kappa shape index (κ1) is 30.4. The van der Waals surface area contributed by atoms with Crippen LogP contribution in [0.4, 0.5) is 5.69 Å². The fourth-order valence-corrected chi connectivity index (χ4v) is 9.27. The van der Waals surface area contributed by atoms with Crippen LogP contribution in [0.3, 0.4) is 0 Å². The molecule has 2 bridgehead atoms. The van der Waals surface area contributed by atoms with E-state index in [4.69, 9.17) is 16.3 Å². The zero-order valence-electron chi connectivity index (χ0n) is 24.6. The molecule has 0 aromatic heterocycles. The number of carbonyl (C=O) groups excluding carboxylic acids is 1. The van der Waals surface area contributed by atoms with E-state index in [0.717, 1.165) is 37.8 Å². The minimum atomic E-state index is -4.03. The van der Waals surface area contributed by atoms with E-state index in [-0.39, 0.29) is 42.1 Å². The Bertz CT molecular complexity index is 1530. The fraction of sp³-hybridized carbons (Fsp3) is 0.545. The first-order chi connectivity index (χ1) is 20.5. The van der Waals surface area contributed by atoms with E-state index in [9.17, 15) is 23.4 Å². The summed E-state index contributed by atoms with van der Waals surface area (Å²) in [5.74, 6) is 0.172. The summed E-state index contributed by atoms with van der Waals surface area (Å²) in [6.07, 6.45) is 2.87. The number of anilines is 1. The maximum atomic E-state index is 13.4. The number of nitrogens with zero attached hydrogens (tertiary/aromatic N) is 1. The molecular weight excluding hydrogens is 588 g/mol. The van der Waals surface area contributed by atoms with Gasteiger partial charge in [-0.1, -0.05) is 31.2 Å². The van der Waals surface area contributed by atoms with Gasteiger partial charge in [0.15, 0.2) is 0 Å². The third kappa shape index (κ3) is 5.70. The number of carbonyl (C=O) groups is 1. The van der Waals surface area contributed by atoms with Crippen LogP contribution < -0.4 is 14.4 Å². The zero-order chi connectivity index (χ0) is 30.5. The third-order valence-electron chi connectivity index (χ3n) is 10.3. The first-order valence-corrected chi connectivity index (χ1v) is 17.4. The number of aliphatic hydroxyl groups is 2. The largest absolute Gasteiger partial charge is 0.490 e. The molecule has 2 heterocycles. The molecule has 1 saturated carbocycles. The third-order valence-corrected chi connectivity index (χ3v) is 12.5. The lowest BCUT2D eigenvalue weighted by atomic mass is 9.67. The Morgan fingerprint density at radius 1 is 1.14 bits per heavy atom. The monoisotopic (exact) mass is 628 g/mol. The first-order valence-electron chi connectivity index (χ1n) is 15.4. The van der Waals surface area contributed by atoms with E-state index in [0.29, 0.717) is 36.0 Å². The van der Waals surface area contributed by atoms with Crippen molar-refractivity contribution in [3.63, 3.8) is 0 Å². The quantitative estimate of drug-likeness (QED) is 0.390. The van der Waals surface area contributed by atoms with E-state index < -0.39 is 33.4 Å². The van der Waals surface area contributed by atoms with E-state index in [1.54, 1.807) is 25.1 Å². The molecular formula is C33H41ClN2O6S.